The minimum Gasteiger partial charge on any atom is -0.346 e. The summed E-state index contributed by atoms with van der Waals surface area (Å²) in [6.45, 7) is 3.76. The maximum Gasteiger partial charge on any atom is 0.251 e. The fourth-order valence-corrected chi connectivity index (χ4v) is 2.61. The van der Waals surface area contributed by atoms with Gasteiger partial charge in [-0.05, 0) is 43.7 Å². The number of nitrogens with one attached hydrogen (secondary N) is 1. The monoisotopic (exact) mass is 318 g/mol. The molecule has 3 N–H and O–H groups in total. The molecular formula is C16H18N2O3S. The van der Waals surface area contributed by atoms with Crippen LogP contribution in [0.3, 0.4) is 0 Å². The zero-order valence-corrected chi connectivity index (χ0v) is 13.2. The Kier molecular flexibility index (Phi) is 4.63. The molecule has 0 saturated heterocycles. The molecule has 2 rings (SSSR count). The maximum atomic E-state index is 12.2. The van der Waals surface area contributed by atoms with Crippen molar-refractivity contribution in [3.63, 3.8) is 0 Å². The molecule has 22 heavy (non-hydrogen) atoms. The second-order valence-corrected chi connectivity index (χ2v) is 6.74. The van der Waals surface area contributed by atoms with Gasteiger partial charge in [-0.1, -0.05) is 29.8 Å². The van der Waals surface area contributed by atoms with Crippen molar-refractivity contribution in [2.75, 3.05) is 0 Å². The Bertz CT molecular complexity index is 783. The lowest BCUT2D eigenvalue weighted by atomic mass is 10.1. The Labute approximate surface area is 130 Å². The molecule has 1 unspecified atom stereocenters. The third-order valence-corrected chi connectivity index (χ3v) is 4.27. The smallest absolute Gasteiger partial charge is 0.251 e. The van der Waals surface area contributed by atoms with E-state index in [2.05, 4.69) is 5.32 Å². The van der Waals surface area contributed by atoms with Gasteiger partial charge in [0, 0.05) is 5.56 Å². The van der Waals surface area contributed by atoms with E-state index in [0.29, 0.717) is 5.56 Å². The second-order valence-electron chi connectivity index (χ2n) is 5.18. The topological polar surface area (TPSA) is 89.3 Å². The molecule has 0 fully saturated rings. The number of amides is 1. The third-order valence-electron chi connectivity index (χ3n) is 3.34. The lowest BCUT2D eigenvalue weighted by Crippen LogP contribution is -2.26. The van der Waals surface area contributed by atoms with Crippen LogP contribution < -0.4 is 10.5 Å². The van der Waals surface area contributed by atoms with Crippen molar-refractivity contribution in [1.29, 1.82) is 0 Å². The summed E-state index contributed by atoms with van der Waals surface area (Å²) in [6.07, 6.45) is 0. The molecule has 1 atom stereocenters. The fourth-order valence-electron chi connectivity index (χ4n) is 2.10. The Balaban J connectivity index is 2.12. The van der Waals surface area contributed by atoms with Crippen molar-refractivity contribution in [3.05, 3.63) is 65.2 Å². The highest BCUT2D eigenvalue weighted by Gasteiger charge is 2.13. The quantitative estimate of drug-likeness (QED) is 0.905. The molecule has 0 saturated carbocycles. The van der Waals surface area contributed by atoms with Gasteiger partial charge in [0.1, 0.15) is 0 Å². The normalized spacial score (nSPS) is 12.7. The standard InChI is InChI=1S/C16H18N2O3S/c1-11-4-3-5-14(10-11)16(19)18-12(2)13-6-8-15(9-7-13)22(17,20)21/h3-10,12H,1-2H3,(H,18,19)(H2,17,20,21). The van der Waals surface area contributed by atoms with Gasteiger partial charge in [-0.3, -0.25) is 4.79 Å². The highest BCUT2D eigenvalue weighted by atomic mass is 32.2. The molecule has 0 aliphatic rings. The summed E-state index contributed by atoms with van der Waals surface area (Å²) in [6, 6.07) is 13.2. The summed E-state index contributed by atoms with van der Waals surface area (Å²) in [4.78, 5) is 12.2. The molecule has 116 valence electrons. The number of aryl methyl sites for hydroxylation is 1. The number of carbonyl (C=O) groups excluding carboxylic acids is 1. The van der Waals surface area contributed by atoms with Crippen molar-refractivity contribution in [2.45, 2.75) is 24.8 Å². The zero-order chi connectivity index (χ0) is 16.3. The molecule has 0 radical (unpaired) electrons. The molecule has 0 spiro atoms. The lowest BCUT2D eigenvalue weighted by Gasteiger charge is -2.15. The van der Waals surface area contributed by atoms with Crippen LogP contribution in [0.2, 0.25) is 0 Å². The van der Waals surface area contributed by atoms with Gasteiger partial charge in [0.2, 0.25) is 10.0 Å². The van der Waals surface area contributed by atoms with Crippen LogP contribution in [0.15, 0.2) is 53.4 Å². The van der Waals surface area contributed by atoms with Crippen LogP contribution in [0.25, 0.3) is 0 Å². The Morgan fingerprint density at radius 2 is 1.77 bits per heavy atom. The van der Waals surface area contributed by atoms with Gasteiger partial charge < -0.3 is 5.32 Å². The SMILES string of the molecule is Cc1cccc(C(=O)NC(C)c2ccc(S(N)(=O)=O)cc2)c1. The van der Waals surface area contributed by atoms with Gasteiger partial charge in [-0.2, -0.15) is 0 Å². The predicted molar refractivity (Wildman–Crippen MR) is 84.9 cm³/mol. The molecule has 6 heteroatoms. The van der Waals surface area contributed by atoms with Gasteiger partial charge in [0.15, 0.2) is 0 Å². The number of primary sulfonamides is 1. The van der Waals surface area contributed by atoms with Crippen LogP contribution >= 0.6 is 0 Å². The molecule has 0 heterocycles. The van der Waals surface area contributed by atoms with Gasteiger partial charge in [-0.15, -0.1) is 0 Å². The van der Waals surface area contributed by atoms with E-state index in [-0.39, 0.29) is 16.8 Å². The number of carbonyl (C=O) groups is 1. The predicted octanol–water partition coefficient (Wildman–Crippen LogP) is 2.13. The van der Waals surface area contributed by atoms with E-state index in [1.807, 2.05) is 32.0 Å². The van der Waals surface area contributed by atoms with Crippen LogP contribution in [0.4, 0.5) is 0 Å². The number of hydrogen-bond acceptors (Lipinski definition) is 3. The molecule has 0 aliphatic heterocycles. The number of benzene rings is 2. The van der Waals surface area contributed by atoms with E-state index in [1.54, 1.807) is 18.2 Å². The van der Waals surface area contributed by atoms with Gasteiger partial charge in [0.25, 0.3) is 5.91 Å². The summed E-state index contributed by atoms with van der Waals surface area (Å²) < 4.78 is 22.4. The molecule has 1 amide bonds. The van der Waals surface area contributed by atoms with Crippen LogP contribution in [0.5, 0.6) is 0 Å². The lowest BCUT2D eigenvalue weighted by molar-refractivity contribution is 0.0939. The Morgan fingerprint density at radius 3 is 2.32 bits per heavy atom. The third kappa shape index (κ3) is 3.93. The number of nitrogens with two attached hydrogens (primary N) is 1. The van der Waals surface area contributed by atoms with E-state index in [0.717, 1.165) is 11.1 Å². The van der Waals surface area contributed by atoms with Crippen LogP contribution in [-0.2, 0) is 10.0 Å². The van der Waals surface area contributed by atoms with Crippen LogP contribution in [0, 0.1) is 6.92 Å². The van der Waals surface area contributed by atoms with Crippen molar-refractivity contribution < 1.29 is 13.2 Å². The first kappa shape index (κ1) is 16.2. The molecule has 0 aliphatic carbocycles. The van der Waals surface area contributed by atoms with Gasteiger partial charge in [0.05, 0.1) is 10.9 Å². The fraction of sp³-hybridized carbons (Fsp3) is 0.188. The van der Waals surface area contributed by atoms with Gasteiger partial charge >= 0.3 is 0 Å². The van der Waals surface area contributed by atoms with Crippen LogP contribution in [-0.4, -0.2) is 14.3 Å². The van der Waals surface area contributed by atoms with E-state index < -0.39 is 10.0 Å². The number of sulfonamides is 1. The average molecular weight is 318 g/mol. The average Bonchev–Trinajstić information content (AvgIpc) is 2.46. The van der Waals surface area contributed by atoms with Crippen molar-refractivity contribution in [3.8, 4) is 0 Å². The summed E-state index contributed by atoms with van der Waals surface area (Å²) >= 11 is 0. The molecule has 0 aromatic heterocycles. The minimum atomic E-state index is -3.70. The first-order chi connectivity index (χ1) is 10.3. The van der Waals surface area contributed by atoms with Crippen molar-refractivity contribution in [1.82, 2.24) is 5.32 Å². The zero-order valence-electron chi connectivity index (χ0n) is 12.4. The Morgan fingerprint density at radius 1 is 1.14 bits per heavy atom. The number of hydrogen-bond donors (Lipinski definition) is 2. The van der Waals surface area contributed by atoms with Crippen molar-refractivity contribution in [2.24, 2.45) is 5.14 Å². The van der Waals surface area contributed by atoms with Gasteiger partial charge in [-0.25, -0.2) is 13.6 Å². The number of rotatable bonds is 4. The maximum absolute atomic E-state index is 12.2. The second kappa shape index (κ2) is 6.29. The molecule has 2 aromatic carbocycles. The van der Waals surface area contributed by atoms with E-state index in [9.17, 15) is 13.2 Å². The molecule has 2 aromatic rings. The summed E-state index contributed by atoms with van der Waals surface area (Å²) in [5.41, 5.74) is 2.40. The molecular weight excluding hydrogens is 300 g/mol. The summed E-state index contributed by atoms with van der Waals surface area (Å²) in [5.74, 6) is -0.174. The highest BCUT2D eigenvalue weighted by Crippen LogP contribution is 2.16. The minimum absolute atomic E-state index is 0.0495. The summed E-state index contributed by atoms with van der Waals surface area (Å²) in [7, 11) is -3.70. The largest absolute Gasteiger partial charge is 0.346 e. The first-order valence-corrected chi connectivity index (χ1v) is 8.32. The summed E-state index contributed by atoms with van der Waals surface area (Å²) in [5, 5.41) is 7.93. The van der Waals surface area contributed by atoms with E-state index in [1.165, 1.54) is 12.1 Å². The van der Waals surface area contributed by atoms with Crippen LogP contribution in [0.1, 0.15) is 34.5 Å². The van der Waals surface area contributed by atoms with Crippen molar-refractivity contribution >= 4 is 15.9 Å². The Hall–Kier alpha value is -2.18. The van der Waals surface area contributed by atoms with E-state index >= 15 is 0 Å². The first-order valence-electron chi connectivity index (χ1n) is 6.77. The highest BCUT2D eigenvalue weighted by molar-refractivity contribution is 7.89. The molecule has 5 nitrogen and oxygen atoms in total. The van der Waals surface area contributed by atoms with E-state index in [4.69, 9.17) is 5.14 Å². The molecule has 0 bridgehead atoms.